The van der Waals surface area contributed by atoms with Gasteiger partial charge in [-0.1, -0.05) is 42.7 Å². The summed E-state index contributed by atoms with van der Waals surface area (Å²) < 4.78 is 5.41. The Kier molecular flexibility index (Phi) is 6.19. The Bertz CT molecular complexity index is 505. The average Bonchev–Trinajstić information content (AvgIpc) is 2.96. The number of aryl methyl sites for hydroxylation is 1. The van der Waals surface area contributed by atoms with Crippen molar-refractivity contribution in [3.05, 3.63) is 35.4 Å². The van der Waals surface area contributed by atoms with E-state index < -0.39 is 0 Å². The van der Waals surface area contributed by atoms with Crippen LogP contribution in [0.3, 0.4) is 0 Å². The molecule has 4 heteroatoms. The standard InChI is InChI=1S/C19H30N2O2/c1-15-7-9-16(10-8-15)17(21(2)3)18(22)20-13-19(14-23-4)11-5-6-12-19/h7-10,17H,5-6,11-14H2,1-4H3,(H,20,22)/t17-/m1/s1. The second-order valence-electron chi connectivity index (χ2n) is 7.13. The molecule has 0 saturated heterocycles. The smallest absolute Gasteiger partial charge is 0.241 e. The maximum atomic E-state index is 12.8. The van der Waals surface area contributed by atoms with Gasteiger partial charge in [0.05, 0.1) is 6.61 Å². The van der Waals surface area contributed by atoms with Gasteiger partial charge in [0.2, 0.25) is 5.91 Å². The molecule has 1 fully saturated rings. The maximum absolute atomic E-state index is 12.8. The Hall–Kier alpha value is -1.39. The van der Waals surface area contributed by atoms with E-state index in [9.17, 15) is 4.79 Å². The number of carbonyl (C=O) groups is 1. The highest BCUT2D eigenvalue weighted by molar-refractivity contribution is 5.83. The van der Waals surface area contributed by atoms with Gasteiger partial charge in [0.1, 0.15) is 6.04 Å². The molecule has 0 spiro atoms. The summed E-state index contributed by atoms with van der Waals surface area (Å²) in [5, 5.41) is 3.18. The highest BCUT2D eigenvalue weighted by Gasteiger charge is 2.35. The first-order chi connectivity index (χ1) is 11.0. The van der Waals surface area contributed by atoms with Crippen molar-refractivity contribution in [2.45, 2.75) is 38.6 Å². The van der Waals surface area contributed by atoms with Gasteiger partial charge in [0, 0.05) is 19.1 Å². The fourth-order valence-corrected chi connectivity index (χ4v) is 3.61. The summed E-state index contributed by atoms with van der Waals surface area (Å²) in [6, 6.07) is 7.95. The monoisotopic (exact) mass is 318 g/mol. The first-order valence-electron chi connectivity index (χ1n) is 8.47. The SMILES string of the molecule is COCC1(CNC(=O)[C@@H](c2ccc(C)cc2)N(C)C)CCCC1. The second-order valence-corrected chi connectivity index (χ2v) is 7.13. The lowest BCUT2D eigenvalue weighted by Gasteiger charge is -2.30. The zero-order valence-electron chi connectivity index (χ0n) is 14.9. The minimum absolute atomic E-state index is 0.0706. The largest absolute Gasteiger partial charge is 0.384 e. The molecule has 23 heavy (non-hydrogen) atoms. The summed E-state index contributed by atoms with van der Waals surface area (Å²) in [6.45, 7) is 3.49. The van der Waals surface area contributed by atoms with Crippen LogP contribution >= 0.6 is 0 Å². The third-order valence-corrected chi connectivity index (χ3v) is 4.91. The number of methoxy groups -OCH3 is 1. The van der Waals surface area contributed by atoms with E-state index in [2.05, 4.69) is 24.4 Å². The van der Waals surface area contributed by atoms with E-state index in [4.69, 9.17) is 4.74 Å². The van der Waals surface area contributed by atoms with Crippen molar-refractivity contribution in [3.8, 4) is 0 Å². The lowest BCUT2D eigenvalue weighted by Crippen LogP contribution is -2.43. The van der Waals surface area contributed by atoms with Crippen molar-refractivity contribution >= 4 is 5.91 Å². The fraction of sp³-hybridized carbons (Fsp3) is 0.632. The lowest BCUT2D eigenvalue weighted by molar-refractivity contribution is -0.126. The van der Waals surface area contributed by atoms with E-state index in [1.165, 1.54) is 18.4 Å². The number of carbonyl (C=O) groups excluding carboxylic acids is 1. The van der Waals surface area contributed by atoms with Gasteiger partial charge in [-0.25, -0.2) is 0 Å². The summed E-state index contributed by atoms with van der Waals surface area (Å²) in [7, 11) is 5.64. The van der Waals surface area contributed by atoms with E-state index in [0.717, 1.165) is 25.0 Å². The lowest BCUT2D eigenvalue weighted by atomic mass is 9.87. The molecule has 0 unspecified atom stereocenters. The predicted octanol–water partition coefficient (Wildman–Crippen LogP) is 2.92. The van der Waals surface area contributed by atoms with Gasteiger partial charge in [-0.3, -0.25) is 9.69 Å². The number of hydrogen-bond donors (Lipinski definition) is 1. The molecule has 1 aromatic rings. The molecule has 1 saturated carbocycles. The number of rotatable bonds is 7. The van der Waals surface area contributed by atoms with E-state index in [1.807, 2.05) is 31.1 Å². The molecule has 0 heterocycles. The van der Waals surface area contributed by atoms with Crippen LogP contribution in [0.15, 0.2) is 24.3 Å². The Balaban J connectivity index is 2.05. The molecule has 0 bridgehead atoms. The van der Waals surface area contributed by atoms with E-state index in [1.54, 1.807) is 7.11 Å². The fourth-order valence-electron chi connectivity index (χ4n) is 3.61. The van der Waals surface area contributed by atoms with Crippen LogP contribution < -0.4 is 5.32 Å². The summed E-state index contributed by atoms with van der Waals surface area (Å²) in [6.07, 6.45) is 4.74. The first-order valence-corrected chi connectivity index (χ1v) is 8.47. The van der Waals surface area contributed by atoms with Crippen LogP contribution in [0.25, 0.3) is 0 Å². The summed E-state index contributed by atoms with van der Waals surface area (Å²) in [5.41, 5.74) is 2.36. The Morgan fingerprint density at radius 2 is 1.87 bits per heavy atom. The summed E-state index contributed by atoms with van der Waals surface area (Å²) in [4.78, 5) is 14.7. The molecule has 0 aliphatic heterocycles. The van der Waals surface area contributed by atoms with Crippen LogP contribution in [0.2, 0.25) is 0 Å². The molecule has 0 radical (unpaired) electrons. The third-order valence-electron chi connectivity index (χ3n) is 4.91. The molecule has 1 aromatic carbocycles. The van der Waals surface area contributed by atoms with Crippen LogP contribution in [0, 0.1) is 12.3 Å². The average molecular weight is 318 g/mol. The zero-order chi connectivity index (χ0) is 16.9. The highest BCUT2D eigenvalue weighted by atomic mass is 16.5. The molecule has 128 valence electrons. The zero-order valence-corrected chi connectivity index (χ0v) is 14.9. The Morgan fingerprint density at radius 3 is 2.39 bits per heavy atom. The number of hydrogen-bond acceptors (Lipinski definition) is 3. The number of nitrogens with zero attached hydrogens (tertiary/aromatic N) is 1. The predicted molar refractivity (Wildman–Crippen MR) is 93.4 cm³/mol. The van der Waals surface area contributed by atoms with Gasteiger partial charge in [-0.05, 0) is 39.4 Å². The van der Waals surface area contributed by atoms with Crippen LogP contribution in [-0.4, -0.2) is 45.2 Å². The minimum atomic E-state index is -0.253. The Morgan fingerprint density at radius 1 is 1.26 bits per heavy atom. The van der Waals surface area contributed by atoms with Crippen LogP contribution in [0.5, 0.6) is 0 Å². The number of amides is 1. The quantitative estimate of drug-likeness (QED) is 0.840. The van der Waals surface area contributed by atoms with Crippen LogP contribution in [0.1, 0.15) is 42.9 Å². The molecule has 1 aliphatic rings. The third kappa shape index (κ3) is 4.55. The van der Waals surface area contributed by atoms with Gasteiger partial charge < -0.3 is 10.1 Å². The molecule has 1 N–H and O–H groups in total. The molecule has 0 aromatic heterocycles. The van der Waals surface area contributed by atoms with Crippen molar-refractivity contribution in [3.63, 3.8) is 0 Å². The van der Waals surface area contributed by atoms with Gasteiger partial charge in [-0.15, -0.1) is 0 Å². The van der Waals surface area contributed by atoms with Crippen molar-refractivity contribution in [1.29, 1.82) is 0 Å². The molecular formula is C19H30N2O2. The summed E-state index contributed by atoms with van der Waals surface area (Å²) >= 11 is 0. The van der Waals surface area contributed by atoms with Gasteiger partial charge in [-0.2, -0.15) is 0 Å². The number of likely N-dealkylation sites (N-methyl/N-ethyl adjacent to an activating group) is 1. The van der Waals surface area contributed by atoms with Gasteiger partial charge in [0.15, 0.2) is 0 Å². The summed E-state index contributed by atoms with van der Waals surface area (Å²) in [5.74, 6) is 0.0706. The van der Waals surface area contributed by atoms with Crippen LogP contribution in [0.4, 0.5) is 0 Å². The molecule has 2 rings (SSSR count). The van der Waals surface area contributed by atoms with Gasteiger partial charge in [0.25, 0.3) is 0 Å². The number of benzene rings is 1. The molecule has 4 nitrogen and oxygen atoms in total. The van der Waals surface area contributed by atoms with E-state index >= 15 is 0 Å². The minimum Gasteiger partial charge on any atom is -0.384 e. The van der Waals surface area contributed by atoms with Crippen molar-refractivity contribution in [2.24, 2.45) is 5.41 Å². The normalized spacial score (nSPS) is 18.1. The molecule has 1 amide bonds. The van der Waals surface area contributed by atoms with Gasteiger partial charge >= 0.3 is 0 Å². The maximum Gasteiger partial charge on any atom is 0.241 e. The van der Waals surface area contributed by atoms with Crippen molar-refractivity contribution < 1.29 is 9.53 Å². The van der Waals surface area contributed by atoms with Crippen LogP contribution in [-0.2, 0) is 9.53 Å². The van der Waals surface area contributed by atoms with Crippen molar-refractivity contribution in [2.75, 3.05) is 34.4 Å². The Labute approximate surface area is 140 Å². The second kappa shape index (κ2) is 7.93. The first kappa shape index (κ1) is 18.0. The van der Waals surface area contributed by atoms with E-state index in [0.29, 0.717) is 6.54 Å². The molecule has 1 atom stereocenters. The van der Waals surface area contributed by atoms with E-state index in [-0.39, 0.29) is 17.4 Å². The highest BCUT2D eigenvalue weighted by Crippen LogP contribution is 2.37. The van der Waals surface area contributed by atoms with Crippen molar-refractivity contribution in [1.82, 2.24) is 10.2 Å². The number of ether oxygens (including phenoxy) is 1. The molecular weight excluding hydrogens is 288 g/mol. The topological polar surface area (TPSA) is 41.6 Å². The number of nitrogens with one attached hydrogen (secondary N) is 1. The molecule has 1 aliphatic carbocycles.